The molecule has 2 aromatic carbocycles. The molecule has 4 rings (SSSR count). The lowest BCUT2D eigenvalue weighted by Gasteiger charge is -2.28. The van der Waals surface area contributed by atoms with Crippen molar-refractivity contribution in [2.45, 2.75) is 25.7 Å². The molecule has 0 saturated carbocycles. The number of fused-ring (bicyclic) bond motifs is 2. The minimum Gasteiger partial charge on any atom is -0.361 e. The fraction of sp³-hybridized carbons (Fsp3) is 0.318. The van der Waals surface area contributed by atoms with Crippen LogP contribution in [0.4, 0.5) is 0 Å². The van der Waals surface area contributed by atoms with Gasteiger partial charge in [0, 0.05) is 42.7 Å². The summed E-state index contributed by atoms with van der Waals surface area (Å²) in [6.45, 7) is 4.70. The molecule has 1 aromatic heterocycles. The third-order valence-corrected chi connectivity index (χ3v) is 5.14. The molecule has 1 atom stereocenters. The molecule has 27 heavy (non-hydrogen) atoms. The molecular weight excluding hydrogens is 447 g/mol. The SMILES string of the molecule is CCNC(=NCC1Cc2ccccc21)NCCc1c[nH]c2ccccc12.I. The Morgan fingerprint density at radius 2 is 1.93 bits per heavy atom. The Labute approximate surface area is 177 Å². The number of benzene rings is 2. The van der Waals surface area contributed by atoms with E-state index in [4.69, 9.17) is 4.99 Å². The van der Waals surface area contributed by atoms with E-state index in [1.165, 1.54) is 27.6 Å². The van der Waals surface area contributed by atoms with Gasteiger partial charge in [0.2, 0.25) is 0 Å². The number of aromatic nitrogens is 1. The van der Waals surface area contributed by atoms with Crippen LogP contribution in [0.5, 0.6) is 0 Å². The second-order valence-electron chi connectivity index (χ2n) is 6.86. The third-order valence-electron chi connectivity index (χ3n) is 5.14. The van der Waals surface area contributed by atoms with Crippen LogP contribution in [0.2, 0.25) is 0 Å². The molecule has 5 heteroatoms. The molecule has 0 amide bonds. The first-order valence-corrected chi connectivity index (χ1v) is 9.50. The molecule has 0 bridgehead atoms. The van der Waals surface area contributed by atoms with Gasteiger partial charge in [0.1, 0.15) is 0 Å². The number of H-pyrrole nitrogens is 1. The first-order chi connectivity index (χ1) is 12.8. The van der Waals surface area contributed by atoms with E-state index >= 15 is 0 Å². The zero-order valence-corrected chi connectivity index (χ0v) is 18.0. The van der Waals surface area contributed by atoms with Gasteiger partial charge in [-0.05, 0) is 42.5 Å². The summed E-state index contributed by atoms with van der Waals surface area (Å²) >= 11 is 0. The van der Waals surface area contributed by atoms with E-state index in [-0.39, 0.29) is 24.0 Å². The van der Waals surface area contributed by atoms with E-state index in [9.17, 15) is 0 Å². The third kappa shape index (κ3) is 4.46. The summed E-state index contributed by atoms with van der Waals surface area (Å²) in [5.41, 5.74) is 5.49. The maximum atomic E-state index is 4.80. The summed E-state index contributed by atoms with van der Waals surface area (Å²) in [5.74, 6) is 1.48. The average Bonchev–Trinajstić information content (AvgIpc) is 3.06. The van der Waals surface area contributed by atoms with Crippen LogP contribution >= 0.6 is 24.0 Å². The standard InChI is InChI=1S/C22H26N4.HI/c1-2-23-22(26-15-18-13-16-7-3-4-8-19(16)18)24-12-11-17-14-25-21-10-6-5-9-20(17)21;/h3-10,14,18,25H,2,11-13,15H2,1H3,(H2,23,24,26);1H. The first-order valence-electron chi connectivity index (χ1n) is 9.50. The van der Waals surface area contributed by atoms with Gasteiger partial charge in [-0.2, -0.15) is 0 Å². The maximum Gasteiger partial charge on any atom is 0.191 e. The minimum atomic E-state index is 0. The van der Waals surface area contributed by atoms with Gasteiger partial charge < -0.3 is 15.6 Å². The van der Waals surface area contributed by atoms with Gasteiger partial charge in [-0.3, -0.25) is 4.99 Å². The van der Waals surface area contributed by atoms with E-state index in [0.717, 1.165) is 38.4 Å². The van der Waals surface area contributed by atoms with E-state index in [2.05, 4.69) is 77.3 Å². The lowest BCUT2D eigenvalue weighted by molar-refractivity contribution is 0.614. The Kier molecular flexibility index (Phi) is 6.77. The summed E-state index contributed by atoms with van der Waals surface area (Å²) in [5, 5.41) is 8.14. The molecule has 0 spiro atoms. The maximum absolute atomic E-state index is 4.80. The van der Waals surface area contributed by atoms with Crippen molar-refractivity contribution in [2.75, 3.05) is 19.6 Å². The zero-order valence-electron chi connectivity index (χ0n) is 15.7. The van der Waals surface area contributed by atoms with Crippen LogP contribution in [-0.4, -0.2) is 30.6 Å². The number of aliphatic imine (C=N–C) groups is 1. The monoisotopic (exact) mass is 474 g/mol. The summed E-state index contributed by atoms with van der Waals surface area (Å²) in [7, 11) is 0. The predicted octanol–water partition coefficient (Wildman–Crippen LogP) is 4.22. The van der Waals surface area contributed by atoms with Gasteiger partial charge in [-0.25, -0.2) is 0 Å². The highest BCUT2D eigenvalue weighted by molar-refractivity contribution is 14.0. The second kappa shape index (κ2) is 9.26. The zero-order chi connectivity index (χ0) is 17.8. The Bertz CT molecular complexity index is 915. The van der Waals surface area contributed by atoms with Crippen LogP contribution < -0.4 is 10.6 Å². The number of nitrogens with zero attached hydrogens (tertiary/aromatic N) is 1. The van der Waals surface area contributed by atoms with Crippen LogP contribution in [0.3, 0.4) is 0 Å². The fourth-order valence-electron chi connectivity index (χ4n) is 3.72. The number of aromatic amines is 1. The predicted molar refractivity (Wildman–Crippen MR) is 124 cm³/mol. The van der Waals surface area contributed by atoms with Crippen LogP contribution in [-0.2, 0) is 12.8 Å². The number of guanidine groups is 1. The number of nitrogens with one attached hydrogen (secondary N) is 3. The smallest absolute Gasteiger partial charge is 0.191 e. The number of hydrogen-bond acceptors (Lipinski definition) is 1. The quantitative estimate of drug-likeness (QED) is 0.285. The molecule has 4 nitrogen and oxygen atoms in total. The molecule has 1 aliphatic carbocycles. The van der Waals surface area contributed by atoms with E-state index in [1.54, 1.807) is 0 Å². The lowest BCUT2D eigenvalue weighted by atomic mass is 9.78. The summed E-state index contributed by atoms with van der Waals surface area (Å²) in [6, 6.07) is 17.2. The van der Waals surface area contributed by atoms with Crippen LogP contribution in [0.15, 0.2) is 59.7 Å². The molecule has 3 aromatic rings. The molecule has 0 aliphatic heterocycles. The van der Waals surface area contributed by atoms with E-state index in [0.29, 0.717) is 5.92 Å². The van der Waals surface area contributed by atoms with Gasteiger partial charge in [0.15, 0.2) is 5.96 Å². The van der Waals surface area contributed by atoms with Gasteiger partial charge in [0.05, 0.1) is 0 Å². The summed E-state index contributed by atoms with van der Waals surface area (Å²) in [4.78, 5) is 8.14. The number of para-hydroxylation sites is 1. The van der Waals surface area contributed by atoms with Crippen molar-refractivity contribution in [1.82, 2.24) is 15.6 Å². The molecular formula is C22H27IN4. The average molecular weight is 474 g/mol. The topological polar surface area (TPSA) is 52.2 Å². The van der Waals surface area contributed by atoms with Gasteiger partial charge in [0.25, 0.3) is 0 Å². The number of halogens is 1. The molecule has 1 aliphatic rings. The molecule has 1 unspecified atom stereocenters. The van der Waals surface area contributed by atoms with Crippen molar-refractivity contribution in [2.24, 2.45) is 4.99 Å². The summed E-state index contributed by atoms with van der Waals surface area (Å²) < 4.78 is 0. The van der Waals surface area contributed by atoms with E-state index < -0.39 is 0 Å². The van der Waals surface area contributed by atoms with Crippen LogP contribution in [0.1, 0.15) is 29.5 Å². The van der Waals surface area contributed by atoms with Gasteiger partial charge in [-0.15, -0.1) is 24.0 Å². The highest BCUT2D eigenvalue weighted by Gasteiger charge is 2.24. The minimum absolute atomic E-state index is 0. The molecule has 0 fully saturated rings. The highest BCUT2D eigenvalue weighted by atomic mass is 127. The Morgan fingerprint density at radius 3 is 2.78 bits per heavy atom. The highest BCUT2D eigenvalue weighted by Crippen LogP contribution is 2.34. The fourth-order valence-corrected chi connectivity index (χ4v) is 3.72. The Hall–Kier alpha value is -2.02. The van der Waals surface area contributed by atoms with Crippen molar-refractivity contribution in [1.29, 1.82) is 0 Å². The molecule has 142 valence electrons. The summed E-state index contributed by atoms with van der Waals surface area (Å²) in [6.07, 6.45) is 4.23. The van der Waals surface area contributed by atoms with Crippen LogP contribution in [0.25, 0.3) is 10.9 Å². The van der Waals surface area contributed by atoms with E-state index in [1.807, 2.05) is 0 Å². The number of hydrogen-bond donors (Lipinski definition) is 3. The molecule has 0 radical (unpaired) electrons. The van der Waals surface area contributed by atoms with Crippen molar-refractivity contribution < 1.29 is 0 Å². The Balaban J connectivity index is 0.00000210. The second-order valence-corrected chi connectivity index (χ2v) is 6.86. The van der Waals surface area contributed by atoms with Crippen molar-refractivity contribution >= 4 is 40.8 Å². The van der Waals surface area contributed by atoms with Crippen LogP contribution in [0, 0.1) is 0 Å². The number of rotatable bonds is 6. The first kappa shape index (κ1) is 19.7. The normalized spacial score (nSPS) is 15.6. The Morgan fingerprint density at radius 1 is 1.11 bits per heavy atom. The van der Waals surface area contributed by atoms with Crippen molar-refractivity contribution in [3.8, 4) is 0 Å². The van der Waals surface area contributed by atoms with Crippen molar-refractivity contribution in [3.63, 3.8) is 0 Å². The van der Waals surface area contributed by atoms with Gasteiger partial charge >= 0.3 is 0 Å². The van der Waals surface area contributed by atoms with Gasteiger partial charge in [-0.1, -0.05) is 42.5 Å². The lowest BCUT2D eigenvalue weighted by Crippen LogP contribution is -2.39. The molecule has 3 N–H and O–H groups in total. The van der Waals surface area contributed by atoms with Crippen molar-refractivity contribution in [3.05, 3.63) is 71.4 Å². The largest absolute Gasteiger partial charge is 0.361 e. The molecule has 1 heterocycles. The molecule has 0 saturated heterocycles.